The minimum atomic E-state index is -3.57. The van der Waals surface area contributed by atoms with E-state index in [0.717, 1.165) is 19.3 Å². The lowest BCUT2D eigenvalue weighted by molar-refractivity contribution is 0.346. The molecule has 1 fully saturated rings. The largest absolute Gasteiger partial charge is 0.334 e. The summed E-state index contributed by atoms with van der Waals surface area (Å²) in [6, 6.07) is 7.04. The Morgan fingerprint density at radius 2 is 1.92 bits per heavy atom. The van der Waals surface area contributed by atoms with Gasteiger partial charge in [0.25, 0.3) is 5.89 Å². The summed E-state index contributed by atoms with van der Waals surface area (Å²) in [5, 5.41) is 7.10. The zero-order chi connectivity index (χ0) is 17.9. The summed E-state index contributed by atoms with van der Waals surface area (Å²) in [6.07, 6.45) is 3.48. The van der Waals surface area contributed by atoms with E-state index in [-0.39, 0.29) is 29.2 Å². The molecule has 1 atom stereocenters. The maximum absolute atomic E-state index is 13.0. The molecule has 144 valence electrons. The molecule has 1 aromatic carbocycles. The Morgan fingerprint density at radius 3 is 2.62 bits per heavy atom. The lowest BCUT2D eigenvalue weighted by atomic mass is 10.2. The number of sulfonamides is 1. The van der Waals surface area contributed by atoms with E-state index < -0.39 is 10.0 Å². The number of likely N-dealkylation sites (N-methyl/N-ethyl adjacent to an activating group) is 1. The summed E-state index contributed by atoms with van der Waals surface area (Å²) < 4.78 is 33.0. The van der Waals surface area contributed by atoms with Gasteiger partial charge in [0, 0.05) is 25.6 Å². The topological polar surface area (TPSA) is 88.3 Å². The third-order valence-corrected chi connectivity index (χ3v) is 6.46. The van der Waals surface area contributed by atoms with Gasteiger partial charge in [0.05, 0.1) is 10.5 Å². The third-order valence-electron chi connectivity index (χ3n) is 4.50. The van der Waals surface area contributed by atoms with E-state index in [0.29, 0.717) is 30.9 Å². The van der Waals surface area contributed by atoms with Crippen molar-refractivity contribution in [3.63, 3.8) is 0 Å². The van der Waals surface area contributed by atoms with Gasteiger partial charge in [-0.15, -0.1) is 12.4 Å². The fourth-order valence-electron chi connectivity index (χ4n) is 2.93. The number of hydrogen-bond acceptors (Lipinski definition) is 6. The maximum Gasteiger partial charge on any atom is 0.259 e. The number of rotatable bonds is 6. The molecule has 1 N–H and O–H groups in total. The molecule has 0 bridgehead atoms. The van der Waals surface area contributed by atoms with Gasteiger partial charge in [-0.1, -0.05) is 23.7 Å². The molecule has 2 aromatic rings. The van der Waals surface area contributed by atoms with Crippen molar-refractivity contribution in [3.8, 4) is 11.5 Å². The van der Waals surface area contributed by atoms with Crippen LogP contribution in [0.15, 0.2) is 33.7 Å². The van der Waals surface area contributed by atoms with Crippen LogP contribution in [0.4, 0.5) is 0 Å². The minimum absolute atomic E-state index is 0. The van der Waals surface area contributed by atoms with E-state index in [1.165, 1.54) is 0 Å². The zero-order valence-corrected chi connectivity index (χ0v) is 16.6. The predicted molar refractivity (Wildman–Crippen MR) is 102 cm³/mol. The van der Waals surface area contributed by atoms with Crippen LogP contribution in [-0.4, -0.2) is 49.0 Å². The molecule has 7 nitrogen and oxygen atoms in total. The van der Waals surface area contributed by atoms with Gasteiger partial charge in [0.2, 0.25) is 10.0 Å². The molecule has 0 aliphatic carbocycles. The first-order chi connectivity index (χ1) is 12.0. The van der Waals surface area contributed by atoms with Gasteiger partial charge in [0.15, 0.2) is 5.82 Å². The second kappa shape index (κ2) is 8.94. The standard InChI is InChI=1S/C17H24N4O3S.ClH/c1-13(18-2)12-16-19-17(24-20-16)14-8-4-5-9-15(14)25(22,23)21-10-6-3-7-11-21;/h4-5,8-9,13,18H,3,6-7,10-12H2,1-2H3;1H. The zero-order valence-electron chi connectivity index (χ0n) is 15.0. The molecule has 2 heterocycles. The molecule has 1 aromatic heterocycles. The Labute approximate surface area is 160 Å². The van der Waals surface area contributed by atoms with Crippen LogP contribution in [0.5, 0.6) is 0 Å². The lowest BCUT2D eigenvalue weighted by Gasteiger charge is -2.26. The highest BCUT2D eigenvalue weighted by molar-refractivity contribution is 7.89. The van der Waals surface area contributed by atoms with E-state index in [2.05, 4.69) is 15.5 Å². The van der Waals surface area contributed by atoms with Crippen LogP contribution >= 0.6 is 12.4 Å². The molecular formula is C17H25ClN4O3S. The molecular weight excluding hydrogens is 376 g/mol. The molecule has 0 radical (unpaired) electrons. The van der Waals surface area contributed by atoms with Gasteiger partial charge in [-0.3, -0.25) is 0 Å². The van der Waals surface area contributed by atoms with Crippen molar-refractivity contribution in [2.24, 2.45) is 0 Å². The number of benzene rings is 1. The summed E-state index contributed by atoms with van der Waals surface area (Å²) in [4.78, 5) is 4.62. The van der Waals surface area contributed by atoms with Crippen molar-refractivity contribution in [2.45, 2.75) is 43.5 Å². The summed E-state index contributed by atoms with van der Waals surface area (Å²) in [6.45, 7) is 3.14. The number of halogens is 1. The highest BCUT2D eigenvalue weighted by Gasteiger charge is 2.29. The summed E-state index contributed by atoms with van der Waals surface area (Å²) >= 11 is 0. The Hall–Kier alpha value is -1.48. The smallest absolute Gasteiger partial charge is 0.259 e. The minimum Gasteiger partial charge on any atom is -0.334 e. The number of nitrogens with zero attached hydrogens (tertiary/aromatic N) is 3. The maximum atomic E-state index is 13.0. The second-order valence-corrected chi connectivity index (χ2v) is 8.28. The number of hydrogen-bond donors (Lipinski definition) is 1. The normalized spacial score (nSPS) is 16.8. The van der Waals surface area contributed by atoms with Crippen molar-refractivity contribution in [1.29, 1.82) is 0 Å². The lowest BCUT2D eigenvalue weighted by Crippen LogP contribution is -2.35. The molecule has 3 rings (SSSR count). The van der Waals surface area contributed by atoms with Gasteiger partial charge in [-0.05, 0) is 38.9 Å². The van der Waals surface area contributed by atoms with Crippen LogP contribution in [0.3, 0.4) is 0 Å². The first kappa shape index (κ1) is 20.8. The van der Waals surface area contributed by atoms with E-state index in [1.807, 2.05) is 14.0 Å². The van der Waals surface area contributed by atoms with Crippen LogP contribution in [-0.2, 0) is 16.4 Å². The van der Waals surface area contributed by atoms with Crippen LogP contribution < -0.4 is 5.32 Å². The first-order valence-electron chi connectivity index (χ1n) is 8.62. The van der Waals surface area contributed by atoms with E-state index >= 15 is 0 Å². The quantitative estimate of drug-likeness (QED) is 0.801. The average Bonchev–Trinajstić information content (AvgIpc) is 3.10. The molecule has 9 heteroatoms. The molecule has 1 aliphatic heterocycles. The van der Waals surface area contributed by atoms with Gasteiger partial charge in [-0.25, -0.2) is 8.42 Å². The average molecular weight is 401 g/mol. The summed E-state index contributed by atoms with van der Waals surface area (Å²) in [7, 11) is -1.70. The van der Waals surface area contributed by atoms with Crippen molar-refractivity contribution in [3.05, 3.63) is 30.1 Å². The fourth-order valence-corrected chi connectivity index (χ4v) is 4.64. The van der Waals surface area contributed by atoms with Crippen molar-refractivity contribution < 1.29 is 12.9 Å². The second-order valence-electron chi connectivity index (χ2n) is 6.37. The highest BCUT2D eigenvalue weighted by atomic mass is 35.5. The molecule has 26 heavy (non-hydrogen) atoms. The Morgan fingerprint density at radius 1 is 1.23 bits per heavy atom. The molecule has 0 saturated carbocycles. The monoisotopic (exact) mass is 400 g/mol. The fraction of sp³-hybridized carbons (Fsp3) is 0.529. The molecule has 0 spiro atoms. The van der Waals surface area contributed by atoms with E-state index in [1.54, 1.807) is 28.6 Å². The van der Waals surface area contributed by atoms with Crippen LogP contribution in [0, 0.1) is 0 Å². The Balaban J connectivity index is 0.00000243. The van der Waals surface area contributed by atoms with Gasteiger partial charge >= 0.3 is 0 Å². The van der Waals surface area contributed by atoms with Crippen LogP contribution in [0.2, 0.25) is 0 Å². The first-order valence-corrected chi connectivity index (χ1v) is 10.1. The number of aromatic nitrogens is 2. The van der Waals surface area contributed by atoms with Crippen molar-refractivity contribution in [2.75, 3.05) is 20.1 Å². The molecule has 0 amide bonds. The molecule has 1 aliphatic rings. The Bertz CT molecular complexity index is 819. The third kappa shape index (κ3) is 4.43. The van der Waals surface area contributed by atoms with Crippen LogP contribution in [0.25, 0.3) is 11.5 Å². The van der Waals surface area contributed by atoms with Gasteiger partial charge in [0.1, 0.15) is 0 Å². The molecule has 1 unspecified atom stereocenters. The van der Waals surface area contributed by atoms with E-state index in [4.69, 9.17) is 4.52 Å². The van der Waals surface area contributed by atoms with E-state index in [9.17, 15) is 8.42 Å². The van der Waals surface area contributed by atoms with Gasteiger partial charge in [-0.2, -0.15) is 9.29 Å². The summed E-state index contributed by atoms with van der Waals surface area (Å²) in [5.74, 6) is 0.802. The number of nitrogens with one attached hydrogen (secondary N) is 1. The van der Waals surface area contributed by atoms with Crippen molar-refractivity contribution in [1.82, 2.24) is 19.8 Å². The highest BCUT2D eigenvalue weighted by Crippen LogP contribution is 2.29. The van der Waals surface area contributed by atoms with Crippen molar-refractivity contribution >= 4 is 22.4 Å². The summed E-state index contributed by atoms with van der Waals surface area (Å²) in [5.41, 5.74) is 0.462. The predicted octanol–water partition coefficient (Wildman–Crippen LogP) is 2.48. The number of piperidine rings is 1. The Kier molecular flexibility index (Phi) is 7.16. The SMILES string of the molecule is CNC(C)Cc1noc(-c2ccccc2S(=O)(=O)N2CCCCC2)n1.Cl. The van der Waals surface area contributed by atoms with Crippen LogP contribution in [0.1, 0.15) is 32.0 Å². The molecule has 1 saturated heterocycles. The van der Waals surface area contributed by atoms with Gasteiger partial charge < -0.3 is 9.84 Å².